The van der Waals surface area contributed by atoms with Crippen LogP contribution in [0.3, 0.4) is 0 Å². The number of rotatable bonds is 6. The van der Waals surface area contributed by atoms with E-state index in [1.54, 1.807) is 28.9 Å². The van der Waals surface area contributed by atoms with E-state index in [-0.39, 0.29) is 5.69 Å². The van der Waals surface area contributed by atoms with Crippen LogP contribution < -0.4 is 10.1 Å². The topological polar surface area (TPSA) is 97.0 Å². The van der Waals surface area contributed by atoms with Crippen LogP contribution in [0.2, 0.25) is 0 Å². The van der Waals surface area contributed by atoms with Crippen LogP contribution >= 0.6 is 0 Å². The second-order valence-corrected chi connectivity index (χ2v) is 7.90. The zero-order chi connectivity index (χ0) is 23.7. The Kier molecular flexibility index (Phi) is 5.40. The van der Waals surface area contributed by atoms with Gasteiger partial charge in [-0.1, -0.05) is 48.5 Å². The SMILES string of the molecule is COc1cccc(NC(=O)C(C#N)C(=O)c2nn(-c3ccccc3)c3c2Cc2ccccc2-3)c1. The molecule has 3 aromatic carbocycles. The fourth-order valence-corrected chi connectivity index (χ4v) is 4.23. The van der Waals surface area contributed by atoms with Gasteiger partial charge in [0, 0.05) is 29.3 Å². The Morgan fingerprint density at radius 3 is 2.59 bits per heavy atom. The van der Waals surface area contributed by atoms with Crippen molar-refractivity contribution >= 4 is 17.4 Å². The van der Waals surface area contributed by atoms with E-state index in [2.05, 4.69) is 10.4 Å². The highest BCUT2D eigenvalue weighted by Gasteiger charge is 2.36. The number of hydrogen-bond acceptors (Lipinski definition) is 5. The van der Waals surface area contributed by atoms with E-state index in [0.717, 1.165) is 28.1 Å². The minimum atomic E-state index is -1.54. The largest absolute Gasteiger partial charge is 0.497 e. The van der Waals surface area contributed by atoms with E-state index in [1.807, 2.05) is 60.7 Å². The molecule has 1 aliphatic rings. The molecule has 0 spiro atoms. The molecule has 7 heteroatoms. The summed E-state index contributed by atoms with van der Waals surface area (Å²) in [6.07, 6.45) is 0.509. The number of nitrogens with one attached hydrogen (secondary N) is 1. The molecule has 1 heterocycles. The van der Waals surface area contributed by atoms with Crippen molar-refractivity contribution < 1.29 is 14.3 Å². The molecular weight excluding hydrogens is 428 g/mol. The molecule has 166 valence electrons. The minimum absolute atomic E-state index is 0.141. The molecule has 0 radical (unpaired) electrons. The van der Waals surface area contributed by atoms with Crippen LogP contribution in [0, 0.1) is 17.2 Å². The summed E-state index contributed by atoms with van der Waals surface area (Å²) in [5.41, 5.74) is 4.97. The average Bonchev–Trinajstić information content (AvgIpc) is 3.42. The number of hydrogen-bond donors (Lipinski definition) is 1. The normalized spacial score (nSPS) is 12.2. The molecule has 1 N–H and O–H groups in total. The number of nitriles is 1. The van der Waals surface area contributed by atoms with Gasteiger partial charge in [0.25, 0.3) is 0 Å². The number of ketones is 1. The molecule has 1 unspecified atom stereocenters. The maximum atomic E-state index is 13.5. The molecule has 0 aliphatic heterocycles. The summed E-state index contributed by atoms with van der Waals surface area (Å²) in [7, 11) is 1.52. The van der Waals surface area contributed by atoms with Crippen LogP contribution in [0.4, 0.5) is 5.69 Å². The first kappa shape index (κ1) is 21.2. The van der Waals surface area contributed by atoms with Crippen LogP contribution in [0.15, 0.2) is 78.9 Å². The number of carbonyl (C=O) groups is 2. The molecule has 34 heavy (non-hydrogen) atoms. The van der Waals surface area contributed by atoms with Gasteiger partial charge in [-0.05, 0) is 29.8 Å². The lowest BCUT2D eigenvalue weighted by atomic mass is 9.98. The number of aromatic nitrogens is 2. The number of methoxy groups -OCH3 is 1. The molecule has 0 saturated heterocycles. The van der Waals surface area contributed by atoms with Gasteiger partial charge in [0.15, 0.2) is 5.92 Å². The Labute approximate surface area is 196 Å². The van der Waals surface area contributed by atoms with Crippen molar-refractivity contribution in [2.75, 3.05) is 12.4 Å². The van der Waals surface area contributed by atoms with E-state index in [9.17, 15) is 14.9 Å². The Morgan fingerprint density at radius 1 is 1.06 bits per heavy atom. The summed E-state index contributed by atoms with van der Waals surface area (Å²) in [6.45, 7) is 0. The molecule has 7 nitrogen and oxygen atoms in total. The molecule has 5 rings (SSSR count). The predicted molar refractivity (Wildman–Crippen MR) is 127 cm³/mol. The summed E-state index contributed by atoms with van der Waals surface area (Å²) in [5, 5.41) is 17.0. The minimum Gasteiger partial charge on any atom is -0.497 e. The zero-order valence-electron chi connectivity index (χ0n) is 18.4. The second kappa shape index (κ2) is 8.68. The van der Waals surface area contributed by atoms with Crippen molar-refractivity contribution in [2.24, 2.45) is 5.92 Å². The number of fused-ring (bicyclic) bond motifs is 3. The number of benzene rings is 3. The number of carbonyl (C=O) groups excluding carboxylic acids is 2. The summed E-state index contributed by atoms with van der Waals surface area (Å²) in [4.78, 5) is 26.4. The van der Waals surface area contributed by atoms with Gasteiger partial charge in [-0.2, -0.15) is 10.4 Å². The molecule has 4 aromatic rings. The number of nitrogens with zero attached hydrogens (tertiary/aromatic N) is 3. The first-order valence-electron chi connectivity index (χ1n) is 10.7. The van der Waals surface area contributed by atoms with Crippen molar-refractivity contribution in [3.05, 3.63) is 95.7 Å². The molecule has 1 amide bonds. The molecule has 1 aliphatic carbocycles. The van der Waals surface area contributed by atoms with Crippen molar-refractivity contribution in [1.82, 2.24) is 9.78 Å². The summed E-state index contributed by atoms with van der Waals surface area (Å²) in [5.74, 6) is -2.33. The number of anilines is 1. The Bertz CT molecular complexity index is 1450. The van der Waals surface area contributed by atoms with E-state index < -0.39 is 17.6 Å². The van der Waals surface area contributed by atoms with E-state index in [0.29, 0.717) is 17.9 Å². The quantitative estimate of drug-likeness (QED) is 0.306. The van der Waals surface area contributed by atoms with Crippen molar-refractivity contribution in [3.63, 3.8) is 0 Å². The third-order valence-corrected chi connectivity index (χ3v) is 5.85. The summed E-state index contributed by atoms with van der Waals surface area (Å²) >= 11 is 0. The van der Waals surface area contributed by atoms with Crippen molar-refractivity contribution in [2.45, 2.75) is 6.42 Å². The van der Waals surface area contributed by atoms with Crippen LogP contribution in [-0.2, 0) is 11.2 Å². The highest BCUT2D eigenvalue weighted by Crippen LogP contribution is 2.40. The molecule has 0 fully saturated rings. The lowest BCUT2D eigenvalue weighted by Crippen LogP contribution is -2.29. The van der Waals surface area contributed by atoms with Gasteiger partial charge in [-0.3, -0.25) is 9.59 Å². The van der Waals surface area contributed by atoms with Gasteiger partial charge in [0.1, 0.15) is 11.4 Å². The van der Waals surface area contributed by atoms with Gasteiger partial charge < -0.3 is 10.1 Å². The van der Waals surface area contributed by atoms with E-state index in [1.165, 1.54) is 7.11 Å². The fraction of sp³-hybridized carbons (Fsp3) is 0.111. The Balaban J connectivity index is 1.53. The number of para-hydroxylation sites is 1. The first-order chi connectivity index (χ1) is 16.6. The number of ether oxygens (including phenoxy) is 1. The zero-order valence-corrected chi connectivity index (χ0v) is 18.4. The number of Topliss-reactive ketones (excluding diaryl/α,β-unsaturated/α-hetero) is 1. The predicted octanol–water partition coefficient (Wildman–Crippen LogP) is 4.41. The van der Waals surface area contributed by atoms with Gasteiger partial charge in [-0.15, -0.1) is 0 Å². The van der Waals surface area contributed by atoms with E-state index in [4.69, 9.17) is 4.74 Å². The molecule has 1 atom stereocenters. The maximum Gasteiger partial charge on any atom is 0.249 e. The van der Waals surface area contributed by atoms with Crippen molar-refractivity contribution in [1.29, 1.82) is 5.26 Å². The lowest BCUT2D eigenvalue weighted by Gasteiger charge is -2.10. The van der Waals surface area contributed by atoms with Crippen molar-refractivity contribution in [3.8, 4) is 28.8 Å². The Morgan fingerprint density at radius 2 is 1.82 bits per heavy atom. The highest BCUT2D eigenvalue weighted by molar-refractivity contribution is 6.16. The van der Waals surface area contributed by atoms with Gasteiger partial charge in [0.2, 0.25) is 11.7 Å². The fourth-order valence-electron chi connectivity index (χ4n) is 4.23. The second-order valence-electron chi connectivity index (χ2n) is 7.90. The molecule has 0 bridgehead atoms. The average molecular weight is 448 g/mol. The van der Waals surface area contributed by atoms with Crippen LogP contribution in [0.1, 0.15) is 21.6 Å². The molecule has 1 aromatic heterocycles. The van der Waals surface area contributed by atoms with Gasteiger partial charge in [-0.25, -0.2) is 4.68 Å². The third kappa shape index (κ3) is 3.61. The monoisotopic (exact) mass is 448 g/mol. The number of amides is 1. The molecular formula is C27H20N4O3. The first-order valence-corrected chi connectivity index (χ1v) is 10.7. The summed E-state index contributed by atoms with van der Waals surface area (Å²) in [6, 6.07) is 26.0. The van der Waals surface area contributed by atoms with E-state index >= 15 is 0 Å². The maximum absolute atomic E-state index is 13.5. The summed E-state index contributed by atoms with van der Waals surface area (Å²) < 4.78 is 6.89. The smallest absolute Gasteiger partial charge is 0.249 e. The highest BCUT2D eigenvalue weighted by atomic mass is 16.5. The third-order valence-electron chi connectivity index (χ3n) is 5.85. The standard InChI is InChI=1S/C27H20N4O3/c1-34-20-12-7-9-18(15-20)29-27(33)23(16-28)26(32)24-22-14-17-8-5-6-13-21(17)25(22)31(30-24)19-10-3-2-4-11-19/h2-13,15,23H,14H2,1H3,(H,29,33). The lowest BCUT2D eigenvalue weighted by molar-refractivity contribution is -0.117. The van der Waals surface area contributed by atoms with Gasteiger partial charge in [0.05, 0.1) is 24.6 Å². The van der Waals surface area contributed by atoms with Crippen LogP contribution in [-0.4, -0.2) is 28.6 Å². The Hall–Kier alpha value is -4.70. The molecule has 0 saturated carbocycles. The van der Waals surface area contributed by atoms with Gasteiger partial charge >= 0.3 is 0 Å². The van der Waals surface area contributed by atoms with Crippen LogP contribution in [0.25, 0.3) is 16.9 Å². The van der Waals surface area contributed by atoms with Crippen LogP contribution in [0.5, 0.6) is 5.75 Å².